The summed E-state index contributed by atoms with van der Waals surface area (Å²) < 4.78 is 10.2. The normalized spacial score (nSPS) is 9.56. The average molecular weight is 243 g/mol. The van der Waals surface area contributed by atoms with Crippen molar-refractivity contribution >= 4 is 12.2 Å². The summed E-state index contributed by atoms with van der Waals surface area (Å²) in [5.74, 6) is 1.32. The summed E-state index contributed by atoms with van der Waals surface area (Å²) in [6, 6.07) is 16.6. The van der Waals surface area contributed by atoms with Gasteiger partial charge in [0.05, 0.1) is 0 Å². The first-order chi connectivity index (χ1) is 8.88. The third-order valence-corrected chi connectivity index (χ3v) is 2.30. The third kappa shape index (κ3) is 3.52. The summed E-state index contributed by atoms with van der Waals surface area (Å²) in [7, 11) is 0. The van der Waals surface area contributed by atoms with Crippen molar-refractivity contribution in [3.8, 4) is 11.5 Å². The Morgan fingerprint density at radius 3 is 2.33 bits per heavy atom. The predicted molar refractivity (Wildman–Crippen MR) is 68.7 cm³/mol. The minimum atomic E-state index is 0.373. The zero-order valence-corrected chi connectivity index (χ0v) is 9.71. The van der Waals surface area contributed by atoms with Crippen LogP contribution in [0, 0.1) is 0 Å². The van der Waals surface area contributed by atoms with Crippen LogP contribution in [0.3, 0.4) is 0 Å². The van der Waals surface area contributed by atoms with E-state index in [1.54, 1.807) is 12.1 Å². The van der Waals surface area contributed by atoms with Crippen LogP contribution in [0.15, 0.2) is 54.6 Å². The van der Waals surface area contributed by atoms with E-state index in [-0.39, 0.29) is 0 Å². The summed E-state index contributed by atoms with van der Waals surface area (Å²) in [4.78, 5) is 10.1. The molecule has 0 heterocycles. The molecule has 18 heavy (non-hydrogen) atoms. The van der Waals surface area contributed by atoms with Crippen LogP contribution in [0.4, 0.5) is 5.69 Å². The van der Waals surface area contributed by atoms with Crippen LogP contribution in [-0.4, -0.2) is 13.2 Å². The molecule has 0 radical (unpaired) electrons. The molecule has 0 atom stereocenters. The number of carbonyl (C=O) groups excluding carboxylic acids is 1. The molecule has 0 aliphatic heterocycles. The van der Waals surface area contributed by atoms with E-state index in [4.69, 9.17) is 9.47 Å². The average Bonchev–Trinajstić information content (AvgIpc) is 2.42. The maximum atomic E-state index is 10.1. The first kappa shape index (κ1) is 12.0. The Kier molecular flexibility index (Phi) is 4.19. The van der Waals surface area contributed by atoms with E-state index in [9.17, 15) is 4.79 Å². The maximum absolute atomic E-state index is 10.1. The number of hydrogen-bond acceptors (Lipinski definition) is 4. The first-order valence-electron chi connectivity index (χ1n) is 5.50. The number of benzene rings is 2. The van der Waals surface area contributed by atoms with Crippen molar-refractivity contribution in [3.05, 3.63) is 54.6 Å². The van der Waals surface area contributed by atoms with Crippen molar-refractivity contribution in [2.45, 2.75) is 0 Å². The molecule has 92 valence electrons. The van der Waals surface area contributed by atoms with Gasteiger partial charge in [0.15, 0.2) is 6.73 Å². The molecule has 0 aliphatic rings. The molecule has 1 N–H and O–H groups in total. The van der Waals surface area contributed by atoms with Gasteiger partial charge in [-0.15, -0.1) is 0 Å². The molecule has 4 heteroatoms. The van der Waals surface area contributed by atoms with Crippen molar-refractivity contribution in [1.29, 1.82) is 0 Å². The van der Waals surface area contributed by atoms with Gasteiger partial charge in [-0.2, -0.15) is 0 Å². The second-order valence-corrected chi connectivity index (χ2v) is 3.52. The first-order valence-corrected chi connectivity index (χ1v) is 5.50. The van der Waals surface area contributed by atoms with Crippen LogP contribution in [0.5, 0.6) is 11.5 Å². The van der Waals surface area contributed by atoms with E-state index in [1.807, 2.05) is 42.5 Å². The molecule has 0 fully saturated rings. The van der Waals surface area contributed by atoms with E-state index in [0.29, 0.717) is 19.0 Å². The molecule has 0 unspecified atom stereocenters. The number of hydrogen-bond donors (Lipinski definition) is 1. The van der Waals surface area contributed by atoms with Gasteiger partial charge in [0.1, 0.15) is 11.5 Å². The van der Waals surface area contributed by atoms with Gasteiger partial charge < -0.3 is 14.8 Å². The Balaban J connectivity index is 1.81. The Morgan fingerprint density at radius 2 is 1.67 bits per heavy atom. The molecule has 2 aromatic rings. The van der Waals surface area contributed by atoms with Crippen molar-refractivity contribution in [2.24, 2.45) is 0 Å². The fourth-order valence-corrected chi connectivity index (χ4v) is 1.43. The van der Waals surface area contributed by atoms with Gasteiger partial charge in [0, 0.05) is 5.69 Å². The Morgan fingerprint density at radius 1 is 0.944 bits per heavy atom. The van der Waals surface area contributed by atoms with Gasteiger partial charge >= 0.3 is 0 Å². The summed E-state index contributed by atoms with van der Waals surface area (Å²) in [6.07, 6.45) is 0. The van der Waals surface area contributed by atoms with Crippen molar-refractivity contribution < 1.29 is 14.3 Å². The van der Waals surface area contributed by atoms with Crippen LogP contribution in [-0.2, 0) is 4.79 Å². The fourth-order valence-electron chi connectivity index (χ4n) is 1.43. The van der Waals surface area contributed by atoms with Gasteiger partial charge in [-0.05, 0) is 36.4 Å². The molecule has 2 rings (SSSR count). The second-order valence-electron chi connectivity index (χ2n) is 3.52. The topological polar surface area (TPSA) is 47.6 Å². The number of ether oxygens (including phenoxy) is 2. The summed E-state index contributed by atoms with van der Waals surface area (Å²) in [5.41, 5.74) is 0.893. The van der Waals surface area contributed by atoms with Crippen molar-refractivity contribution in [2.75, 3.05) is 12.0 Å². The minimum absolute atomic E-state index is 0.373. The second kappa shape index (κ2) is 6.30. The lowest BCUT2D eigenvalue weighted by Gasteiger charge is -2.09. The Labute approximate surface area is 105 Å². The summed E-state index contributed by atoms with van der Waals surface area (Å²) >= 11 is 0. The minimum Gasteiger partial charge on any atom is -0.473 e. The zero-order valence-electron chi connectivity index (χ0n) is 9.71. The highest BCUT2D eigenvalue weighted by Gasteiger charge is 1.95. The molecular formula is C14H13NO3. The number of carbonyl (C=O) groups is 1. The SMILES string of the molecule is O=COc1ccc(NCOc2ccccc2)cc1. The molecule has 4 nitrogen and oxygen atoms in total. The lowest BCUT2D eigenvalue weighted by atomic mass is 10.3. The van der Waals surface area contributed by atoms with E-state index >= 15 is 0 Å². The predicted octanol–water partition coefficient (Wildman–Crippen LogP) is 2.67. The zero-order chi connectivity index (χ0) is 12.6. The van der Waals surface area contributed by atoms with E-state index < -0.39 is 0 Å². The van der Waals surface area contributed by atoms with Crippen LogP contribution in [0.1, 0.15) is 0 Å². The van der Waals surface area contributed by atoms with E-state index in [1.165, 1.54) is 0 Å². The number of anilines is 1. The van der Waals surface area contributed by atoms with E-state index in [2.05, 4.69) is 5.32 Å². The highest BCUT2D eigenvalue weighted by molar-refractivity contribution is 5.50. The molecular weight excluding hydrogens is 230 g/mol. The van der Waals surface area contributed by atoms with Gasteiger partial charge in [0.25, 0.3) is 6.47 Å². The number of para-hydroxylation sites is 1. The Hall–Kier alpha value is -2.49. The molecule has 0 aromatic heterocycles. The molecule has 0 saturated carbocycles. The highest BCUT2D eigenvalue weighted by atomic mass is 16.5. The lowest BCUT2D eigenvalue weighted by Crippen LogP contribution is -2.08. The fraction of sp³-hybridized carbons (Fsp3) is 0.0714. The Bertz CT molecular complexity index is 482. The highest BCUT2D eigenvalue weighted by Crippen LogP contribution is 2.15. The van der Waals surface area contributed by atoms with Gasteiger partial charge in [-0.1, -0.05) is 18.2 Å². The molecule has 2 aromatic carbocycles. The van der Waals surface area contributed by atoms with Gasteiger partial charge in [-0.3, -0.25) is 4.79 Å². The molecule has 0 bridgehead atoms. The summed E-state index contributed by atoms with van der Waals surface area (Å²) in [5, 5.41) is 3.10. The standard InChI is InChI=1S/C14H13NO3/c16-11-18-14-8-6-12(7-9-14)15-10-17-13-4-2-1-3-5-13/h1-9,11,15H,10H2. The quantitative estimate of drug-likeness (QED) is 0.626. The van der Waals surface area contributed by atoms with Gasteiger partial charge in [0.2, 0.25) is 0 Å². The van der Waals surface area contributed by atoms with Crippen molar-refractivity contribution in [1.82, 2.24) is 0 Å². The number of rotatable bonds is 6. The van der Waals surface area contributed by atoms with Crippen LogP contribution >= 0.6 is 0 Å². The molecule has 0 saturated heterocycles. The van der Waals surface area contributed by atoms with Crippen molar-refractivity contribution in [3.63, 3.8) is 0 Å². The smallest absolute Gasteiger partial charge is 0.298 e. The van der Waals surface area contributed by atoms with Crippen LogP contribution in [0.2, 0.25) is 0 Å². The molecule has 0 aliphatic carbocycles. The van der Waals surface area contributed by atoms with Crippen LogP contribution < -0.4 is 14.8 Å². The molecule has 0 amide bonds. The monoisotopic (exact) mass is 243 g/mol. The maximum Gasteiger partial charge on any atom is 0.298 e. The van der Waals surface area contributed by atoms with Gasteiger partial charge in [-0.25, -0.2) is 0 Å². The van der Waals surface area contributed by atoms with E-state index in [0.717, 1.165) is 11.4 Å². The largest absolute Gasteiger partial charge is 0.473 e. The molecule has 0 spiro atoms. The summed E-state index contributed by atoms with van der Waals surface area (Å²) in [6.45, 7) is 0.777. The van der Waals surface area contributed by atoms with Crippen LogP contribution in [0.25, 0.3) is 0 Å². The third-order valence-electron chi connectivity index (χ3n) is 2.30. The lowest BCUT2D eigenvalue weighted by molar-refractivity contribution is -0.120. The number of nitrogens with one attached hydrogen (secondary N) is 1.